The van der Waals surface area contributed by atoms with Crippen molar-refractivity contribution in [1.82, 2.24) is 5.32 Å². The molecule has 0 spiro atoms. The van der Waals surface area contributed by atoms with Crippen molar-refractivity contribution in [2.45, 2.75) is 32.1 Å². The predicted octanol–water partition coefficient (Wildman–Crippen LogP) is 3.15. The van der Waals surface area contributed by atoms with Gasteiger partial charge in [0.1, 0.15) is 5.75 Å². The summed E-state index contributed by atoms with van der Waals surface area (Å²) in [6.07, 6.45) is 5.21. The number of hydrogen-bond acceptors (Lipinski definition) is 2. The van der Waals surface area contributed by atoms with E-state index in [2.05, 4.69) is 5.32 Å². The SMILES string of the molecule is O=C(NCCCCCCCl)c1ccc2c(c1)CCO2. The summed E-state index contributed by atoms with van der Waals surface area (Å²) < 4.78 is 5.43. The van der Waals surface area contributed by atoms with Crippen LogP contribution in [0.4, 0.5) is 0 Å². The number of halogens is 1. The summed E-state index contributed by atoms with van der Waals surface area (Å²) in [6, 6.07) is 5.65. The highest BCUT2D eigenvalue weighted by Gasteiger charge is 2.14. The van der Waals surface area contributed by atoms with Crippen LogP contribution >= 0.6 is 11.6 Å². The first-order valence-corrected chi connectivity index (χ1v) is 7.44. The quantitative estimate of drug-likeness (QED) is 0.616. The molecule has 104 valence electrons. The molecular weight excluding hydrogens is 262 g/mol. The van der Waals surface area contributed by atoms with Gasteiger partial charge in [-0.05, 0) is 36.6 Å². The highest BCUT2D eigenvalue weighted by atomic mass is 35.5. The zero-order valence-electron chi connectivity index (χ0n) is 11.1. The van der Waals surface area contributed by atoms with Gasteiger partial charge in [-0.2, -0.15) is 0 Å². The van der Waals surface area contributed by atoms with Crippen LogP contribution in [0, 0.1) is 0 Å². The van der Waals surface area contributed by atoms with E-state index in [9.17, 15) is 4.79 Å². The lowest BCUT2D eigenvalue weighted by atomic mass is 10.1. The van der Waals surface area contributed by atoms with E-state index in [1.165, 1.54) is 0 Å². The zero-order chi connectivity index (χ0) is 13.5. The Morgan fingerprint density at radius 2 is 2.11 bits per heavy atom. The Hall–Kier alpha value is -1.22. The van der Waals surface area contributed by atoms with E-state index in [1.807, 2.05) is 18.2 Å². The first-order valence-electron chi connectivity index (χ1n) is 6.91. The smallest absolute Gasteiger partial charge is 0.251 e. The Bertz CT molecular complexity index is 434. The maximum Gasteiger partial charge on any atom is 0.251 e. The van der Waals surface area contributed by atoms with Crippen LogP contribution in [0.25, 0.3) is 0 Å². The van der Waals surface area contributed by atoms with Crippen molar-refractivity contribution in [3.8, 4) is 5.75 Å². The lowest BCUT2D eigenvalue weighted by molar-refractivity contribution is 0.0953. The second-order valence-electron chi connectivity index (χ2n) is 4.78. The highest BCUT2D eigenvalue weighted by Crippen LogP contribution is 2.25. The molecule has 2 rings (SSSR count). The number of benzene rings is 1. The van der Waals surface area contributed by atoms with Crippen LogP contribution in [0.5, 0.6) is 5.75 Å². The molecule has 0 bridgehead atoms. The first-order chi connectivity index (χ1) is 9.31. The third-order valence-electron chi connectivity index (χ3n) is 3.30. The summed E-state index contributed by atoms with van der Waals surface area (Å²) >= 11 is 5.61. The standard InChI is InChI=1S/C15H20ClNO2/c16-8-3-1-2-4-9-17-15(18)13-5-6-14-12(11-13)7-10-19-14/h5-6,11H,1-4,7-10H2,(H,17,18). The van der Waals surface area contributed by atoms with Gasteiger partial charge in [0, 0.05) is 24.4 Å². The third-order valence-corrected chi connectivity index (χ3v) is 3.56. The molecular formula is C15H20ClNO2. The molecule has 0 fully saturated rings. The van der Waals surface area contributed by atoms with Crippen molar-refractivity contribution in [3.05, 3.63) is 29.3 Å². The van der Waals surface area contributed by atoms with Gasteiger partial charge in [0.2, 0.25) is 0 Å². The molecule has 1 aliphatic heterocycles. The molecule has 1 N–H and O–H groups in total. The molecule has 0 aliphatic carbocycles. The Morgan fingerprint density at radius 3 is 2.95 bits per heavy atom. The fourth-order valence-corrected chi connectivity index (χ4v) is 2.39. The van der Waals surface area contributed by atoms with Gasteiger partial charge in [0.25, 0.3) is 5.91 Å². The van der Waals surface area contributed by atoms with Crippen LogP contribution in [0.2, 0.25) is 0 Å². The summed E-state index contributed by atoms with van der Waals surface area (Å²) in [4.78, 5) is 12.0. The van der Waals surface area contributed by atoms with Crippen molar-refractivity contribution >= 4 is 17.5 Å². The summed E-state index contributed by atoms with van der Waals surface area (Å²) in [5.41, 5.74) is 1.86. The molecule has 0 saturated heterocycles. The van der Waals surface area contributed by atoms with Crippen molar-refractivity contribution in [3.63, 3.8) is 0 Å². The van der Waals surface area contributed by atoms with Crippen molar-refractivity contribution in [2.24, 2.45) is 0 Å². The molecule has 1 aliphatic rings. The maximum absolute atomic E-state index is 12.0. The molecule has 0 radical (unpaired) electrons. The van der Waals surface area contributed by atoms with Crippen LogP contribution in [-0.4, -0.2) is 24.9 Å². The molecule has 1 aromatic carbocycles. The van der Waals surface area contributed by atoms with Crippen molar-refractivity contribution < 1.29 is 9.53 Å². The summed E-state index contributed by atoms with van der Waals surface area (Å²) in [5, 5.41) is 2.95. The summed E-state index contributed by atoms with van der Waals surface area (Å²) in [6.45, 7) is 1.45. The van der Waals surface area contributed by atoms with E-state index in [1.54, 1.807) is 0 Å². The molecule has 0 saturated carbocycles. The van der Waals surface area contributed by atoms with E-state index in [0.29, 0.717) is 0 Å². The number of alkyl halides is 1. The lowest BCUT2D eigenvalue weighted by Gasteiger charge is -2.06. The number of carbonyl (C=O) groups excluding carboxylic acids is 1. The van der Waals surface area contributed by atoms with Crippen LogP contribution in [0.3, 0.4) is 0 Å². The minimum atomic E-state index is 0.00652. The summed E-state index contributed by atoms with van der Waals surface area (Å²) in [5.74, 6) is 1.65. The van der Waals surface area contributed by atoms with Gasteiger partial charge in [-0.3, -0.25) is 4.79 Å². The Labute approximate surface area is 119 Å². The molecule has 0 aromatic heterocycles. The first kappa shape index (κ1) is 14.2. The molecule has 3 nitrogen and oxygen atoms in total. The van der Waals surface area contributed by atoms with Gasteiger partial charge in [-0.1, -0.05) is 12.8 Å². The van der Waals surface area contributed by atoms with Gasteiger partial charge in [-0.25, -0.2) is 0 Å². The molecule has 0 unspecified atom stereocenters. The largest absolute Gasteiger partial charge is 0.493 e. The Morgan fingerprint density at radius 1 is 1.26 bits per heavy atom. The second-order valence-corrected chi connectivity index (χ2v) is 5.16. The normalized spacial score (nSPS) is 12.9. The van der Waals surface area contributed by atoms with E-state index in [0.717, 1.165) is 68.0 Å². The molecule has 4 heteroatoms. The molecule has 19 heavy (non-hydrogen) atoms. The van der Waals surface area contributed by atoms with Gasteiger partial charge in [0.15, 0.2) is 0 Å². The van der Waals surface area contributed by atoms with E-state index in [4.69, 9.17) is 16.3 Å². The van der Waals surface area contributed by atoms with Crippen molar-refractivity contribution in [1.29, 1.82) is 0 Å². The molecule has 1 aromatic rings. The molecule has 1 amide bonds. The van der Waals surface area contributed by atoms with Crippen LogP contribution in [0.1, 0.15) is 41.6 Å². The van der Waals surface area contributed by atoms with Crippen LogP contribution < -0.4 is 10.1 Å². The van der Waals surface area contributed by atoms with E-state index < -0.39 is 0 Å². The van der Waals surface area contributed by atoms with E-state index >= 15 is 0 Å². The molecule has 0 atom stereocenters. The lowest BCUT2D eigenvalue weighted by Crippen LogP contribution is -2.24. The number of rotatable bonds is 7. The monoisotopic (exact) mass is 281 g/mol. The number of nitrogens with one attached hydrogen (secondary N) is 1. The topological polar surface area (TPSA) is 38.3 Å². The number of hydrogen-bond donors (Lipinski definition) is 1. The average Bonchev–Trinajstić information content (AvgIpc) is 2.89. The van der Waals surface area contributed by atoms with Gasteiger partial charge in [0.05, 0.1) is 6.61 Å². The minimum absolute atomic E-state index is 0.00652. The van der Waals surface area contributed by atoms with E-state index in [-0.39, 0.29) is 5.91 Å². The van der Waals surface area contributed by atoms with Gasteiger partial charge in [-0.15, -0.1) is 11.6 Å². The Balaban J connectivity index is 1.74. The maximum atomic E-state index is 12.0. The number of carbonyl (C=O) groups is 1. The van der Waals surface area contributed by atoms with Gasteiger partial charge < -0.3 is 10.1 Å². The third kappa shape index (κ3) is 4.13. The number of amides is 1. The number of unbranched alkanes of at least 4 members (excludes halogenated alkanes) is 3. The number of fused-ring (bicyclic) bond motifs is 1. The highest BCUT2D eigenvalue weighted by molar-refractivity contribution is 6.17. The van der Waals surface area contributed by atoms with Gasteiger partial charge >= 0.3 is 0 Å². The number of ether oxygens (including phenoxy) is 1. The molecule has 1 heterocycles. The van der Waals surface area contributed by atoms with Crippen LogP contribution in [-0.2, 0) is 6.42 Å². The second kappa shape index (κ2) is 7.39. The fraction of sp³-hybridized carbons (Fsp3) is 0.533. The summed E-state index contributed by atoms with van der Waals surface area (Å²) in [7, 11) is 0. The van der Waals surface area contributed by atoms with Crippen LogP contribution in [0.15, 0.2) is 18.2 Å². The zero-order valence-corrected chi connectivity index (χ0v) is 11.8. The minimum Gasteiger partial charge on any atom is -0.493 e. The van der Waals surface area contributed by atoms with Crippen molar-refractivity contribution in [2.75, 3.05) is 19.0 Å². The fourth-order valence-electron chi connectivity index (χ4n) is 2.20. The average molecular weight is 282 g/mol. The Kier molecular flexibility index (Phi) is 5.52. The predicted molar refractivity (Wildman–Crippen MR) is 77.2 cm³/mol.